The fourth-order valence-corrected chi connectivity index (χ4v) is 2.39. The molecule has 2 aromatic carbocycles. The molecule has 4 heteroatoms. The fourth-order valence-electron chi connectivity index (χ4n) is 2.39. The molecule has 1 unspecified atom stereocenters. The Balaban J connectivity index is 1.74. The third-order valence-electron chi connectivity index (χ3n) is 3.57. The molecule has 0 aliphatic carbocycles. The highest BCUT2D eigenvalue weighted by Gasteiger charge is 2.39. The van der Waals surface area contributed by atoms with Crippen LogP contribution in [-0.4, -0.2) is 24.6 Å². The molecule has 1 aliphatic rings. The van der Waals surface area contributed by atoms with Gasteiger partial charge in [0.05, 0.1) is 15.9 Å². The number of carbonyl (C=O) groups excluding carboxylic acids is 1. The minimum Gasteiger partial charge on any atom is -0.374 e. The largest absolute Gasteiger partial charge is 0.374 e. The Hall–Kier alpha value is -2.01. The number of carbonyl (C=O) groups is 1. The van der Waals surface area contributed by atoms with E-state index >= 15 is 0 Å². The smallest absolute Gasteiger partial charge is 0.185 e. The Morgan fingerprint density at radius 1 is 1.09 bits per heavy atom. The van der Waals surface area contributed by atoms with Crippen LogP contribution in [0.25, 0.3) is 0 Å². The molecule has 0 spiro atoms. The first-order valence-electron chi connectivity index (χ1n) is 8.51. The van der Waals surface area contributed by atoms with Gasteiger partial charge in [-0.2, -0.15) is 0 Å². The van der Waals surface area contributed by atoms with E-state index in [1.165, 1.54) is 6.92 Å². The summed E-state index contributed by atoms with van der Waals surface area (Å²) in [5, 5.41) is 0. The molecule has 0 N–H and O–H groups in total. The summed E-state index contributed by atoms with van der Waals surface area (Å²) in [5.41, 5.74) is 1.57. The molecular weight excluding hydrogens is 292 g/mol. The molecule has 4 nitrogen and oxygen atoms in total. The van der Waals surface area contributed by atoms with Gasteiger partial charge in [-0.3, -0.25) is 4.79 Å². The lowest BCUT2D eigenvalue weighted by atomic mass is 10.1. The van der Waals surface area contributed by atoms with Gasteiger partial charge in [0, 0.05) is 5.56 Å². The highest BCUT2D eigenvalue weighted by Crippen LogP contribution is 2.31. The number of benzene rings is 2. The zero-order valence-corrected chi connectivity index (χ0v) is 12.8. The molecule has 1 aliphatic heterocycles. The van der Waals surface area contributed by atoms with E-state index < -0.39 is 25.1 Å². The number of rotatable bonds is 6. The fraction of sp³-hybridized carbons (Fsp3) is 0.316. The molecule has 120 valence electrons. The van der Waals surface area contributed by atoms with Crippen molar-refractivity contribution in [2.45, 2.75) is 32.0 Å². The first-order valence-corrected chi connectivity index (χ1v) is 7.51. The highest BCUT2D eigenvalue weighted by atomic mass is 16.7. The van der Waals surface area contributed by atoms with Crippen LogP contribution in [0.1, 0.15) is 27.1 Å². The summed E-state index contributed by atoms with van der Waals surface area (Å²) in [6.45, 7) is -0.730. The average Bonchev–Trinajstić information content (AvgIpc) is 3.09. The van der Waals surface area contributed by atoms with Gasteiger partial charge < -0.3 is 14.2 Å². The third kappa shape index (κ3) is 4.05. The van der Waals surface area contributed by atoms with Crippen molar-refractivity contribution in [2.75, 3.05) is 6.56 Å². The van der Waals surface area contributed by atoms with Gasteiger partial charge in [0.2, 0.25) is 0 Å². The maximum absolute atomic E-state index is 11.9. The van der Waals surface area contributed by atoms with Gasteiger partial charge in [-0.15, -0.1) is 0 Å². The summed E-state index contributed by atoms with van der Waals surface area (Å²) in [6, 6.07) is 18.4. The van der Waals surface area contributed by atoms with Crippen LogP contribution in [-0.2, 0) is 25.6 Å². The van der Waals surface area contributed by atoms with Crippen LogP contribution in [0.4, 0.5) is 0 Å². The molecule has 3 atom stereocenters. The van der Waals surface area contributed by atoms with Gasteiger partial charge in [0.15, 0.2) is 12.1 Å². The quantitative estimate of drug-likeness (QED) is 0.821. The van der Waals surface area contributed by atoms with Crippen LogP contribution >= 0.6 is 0 Å². The van der Waals surface area contributed by atoms with E-state index in [9.17, 15) is 4.79 Å². The molecule has 1 saturated heterocycles. The first kappa shape index (κ1) is 13.4. The van der Waals surface area contributed by atoms with E-state index in [0.29, 0.717) is 0 Å². The molecule has 0 saturated carbocycles. The van der Waals surface area contributed by atoms with Crippen molar-refractivity contribution in [3.63, 3.8) is 0 Å². The minimum absolute atomic E-state index is 0.0777. The second kappa shape index (κ2) is 7.51. The number of hydrogen-bond acceptors (Lipinski definition) is 4. The average molecular weight is 314 g/mol. The Bertz CT molecular complexity index is 706. The summed E-state index contributed by atoms with van der Waals surface area (Å²) in [4.78, 5) is 11.9. The Kier molecular flexibility index (Phi) is 4.38. The van der Waals surface area contributed by atoms with Crippen LogP contribution in [0.2, 0.25) is 0 Å². The van der Waals surface area contributed by atoms with Crippen molar-refractivity contribution in [3.05, 3.63) is 71.8 Å². The predicted octanol–water partition coefficient (Wildman–Crippen LogP) is 3.28. The summed E-state index contributed by atoms with van der Waals surface area (Å²) in [6.07, 6.45) is -2.95. The number of Topliss-reactive ketones (excluding diaryl/α,β-unsaturated/α-hetero) is 1. The van der Waals surface area contributed by atoms with E-state index in [1.54, 1.807) is 0 Å². The standard InChI is InChI=1S/C19H20O4/c1-14(20)18-17(13-21-12-15-8-4-2-5-9-15)22-19(23-18)16-10-6-3-7-11-16/h2-11,17-19H,12-13H2,1H3/t17-,18-,19?/m0/s1/i13D2. The van der Waals surface area contributed by atoms with Crippen molar-refractivity contribution in [1.82, 2.24) is 0 Å². The molecule has 0 radical (unpaired) electrons. The molecule has 1 heterocycles. The molecule has 3 rings (SSSR count). The second-order valence-electron chi connectivity index (χ2n) is 5.36. The van der Waals surface area contributed by atoms with Crippen molar-refractivity contribution in [3.8, 4) is 0 Å². The normalized spacial score (nSPS) is 25.7. The SMILES string of the molecule is [2H]C([2H])(OCc1ccccc1)[C@@H]1OC(c2ccccc2)O[C@H]1C(C)=O. The second-order valence-corrected chi connectivity index (χ2v) is 5.36. The van der Waals surface area contributed by atoms with Crippen LogP contribution in [0.3, 0.4) is 0 Å². The van der Waals surface area contributed by atoms with E-state index in [4.69, 9.17) is 17.0 Å². The summed E-state index contributed by atoms with van der Waals surface area (Å²) in [5.74, 6) is -0.296. The Morgan fingerprint density at radius 3 is 2.39 bits per heavy atom. The van der Waals surface area contributed by atoms with Crippen molar-refractivity contribution in [1.29, 1.82) is 0 Å². The van der Waals surface area contributed by atoms with E-state index in [2.05, 4.69) is 0 Å². The monoisotopic (exact) mass is 314 g/mol. The van der Waals surface area contributed by atoms with E-state index in [-0.39, 0.29) is 12.4 Å². The van der Waals surface area contributed by atoms with Gasteiger partial charge >= 0.3 is 0 Å². The molecule has 1 fully saturated rings. The number of ketones is 1. The molecular formula is C19H20O4. The molecule has 0 bridgehead atoms. The highest BCUT2D eigenvalue weighted by molar-refractivity contribution is 5.81. The lowest BCUT2D eigenvalue weighted by Crippen LogP contribution is -2.33. The van der Waals surface area contributed by atoms with E-state index in [0.717, 1.165) is 11.1 Å². The minimum atomic E-state index is -2.17. The van der Waals surface area contributed by atoms with Gasteiger partial charge in [-0.1, -0.05) is 60.7 Å². The van der Waals surface area contributed by atoms with Crippen molar-refractivity contribution >= 4 is 5.78 Å². The van der Waals surface area contributed by atoms with Gasteiger partial charge in [-0.05, 0) is 12.5 Å². The van der Waals surface area contributed by atoms with Gasteiger partial charge in [0.25, 0.3) is 0 Å². The van der Waals surface area contributed by atoms with Crippen LogP contribution in [0.5, 0.6) is 0 Å². The van der Waals surface area contributed by atoms with Crippen molar-refractivity contribution in [2.24, 2.45) is 0 Å². The molecule has 2 aromatic rings. The predicted molar refractivity (Wildman–Crippen MR) is 85.7 cm³/mol. The number of ether oxygens (including phenoxy) is 3. The summed E-state index contributed by atoms with van der Waals surface area (Å²) >= 11 is 0. The zero-order valence-electron chi connectivity index (χ0n) is 14.8. The summed E-state index contributed by atoms with van der Waals surface area (Å²) < 4.78 is 33.3. The van der Waals surface area contributed by atoms with Crippen LogP contribution < -0.4 is 0 Å². The maximum atomic E-state index is 11.9. The van der Waals surface area contributed by atoms with Gasteiger partial charge in [0.1, 0.15) is 12.2 Å². The Labute approximate surface area is 138 Å². The maximum Gasteiger partial charge on any atom is 0.185 e. The topological polar surface area (TPSA) is 44.8 Å². The third-order valence-corrected chi connectivity index (χ3v) is 3.57. The van der Waals surface area contributed by atoms with Crippen LogP contribution in [0.15, 0.2) is 60.7 Å². The number of hydrogen-bond donors (Lipinski definition) is 0. The lowest BCUT2D eigenvalue weighted by Gasteiger charge is -2.14. The zero-order chi connectivity index (χ0) is 17.9. The molecule has 0 amide bonds. The Morgan fingerprint density at radius 2 is 1.74 bits per heavy atom. The lowest BCUT2D eigenvalue weighted by molar-refractivity contribution is -0.129. The first-order chi connectivity index (χ1) is 12.0. The van der Waals surface area contributed by atoms with Crippen LogP contribution in [0, 0.1) is 0 Å². The van der Waals surface area contributed by atoms with Crippen molar-refractivity contribution < 1.29 is 21.7 Å². The molecule has 23 heavy (non-hydrogen) atoms. The van der Waals surface area contributed by atoms with E-state index in [1.807, 2.05) is 60.7 Å². The summed E-state index contributed by atoms with van der Waals surface area (Å²) in [7, 11) is 0. The van der Waals surface area contributed by atoms with Gasteiger partial charge in [-0.25, -0.2) is 0 Å². The molecule has 0 aromatic heterocycles.